The summed E-state index contributed by atoms with van der Waals surface area (Å²) in [7, 11) is 0. The third-order valence-electron chi connectivity index (χ3n) is 6.33. The van der Waals surface area contributed by atoms with Gasteiger partial charge in [-0.2, -0.15) is 0 Å². The van der Waals surface area contributed by atoms with Gasteiger partial charge in [0, 0.05) is 34.1 Å². The Morgan fingerprint density at radius 1 is 0.867 bits per heavy atom. The van der Waals surface area contributed by atoms with Gasteiger partial charge in [0.2, 0.25) is 0 Å². The molecule has 0 fully saturated rings. The minimum absolute atomic E-state index is 0.139. The zero-order valence-electron chi connectivity index (χ0n) is 17.7. The minimum atomic E-state index is 0.139. The number of aromatic amines is 1. The van der Waals surface area contributed by atoms with Crippen molar-refractivity contribution in [2.75, 3.05) is 6.54 Å². The molecular weight excluding hydrogens is 388 g/mol. The molecule has 0 radical (unpaired) electrons. The lowest BCUT2D eigenvalue weighted by Gasteiger charge is -2.32. The SMILES string of the molecule is CC(C)(C)c1ccc([C@H]2NC[C@H](c3ccccc3Cl)c3c2[nH]c2ccccc32)cc1. The molecule has 1 aliphatic rings. The second-order valence-electron chi connectivity index (χ2n) is 9.29. The number of benzene rings is 3. The quantitative estimate of drug-likeness (QED) is 0.365. The van der Waals surface area contributed by atoms with Crippen LogP contribution in [0.1, 0.15) is 60.7 Å². The molecule has 0 saturated heterocycles. The van der Waals surface area contributed by atoms with Crippen LogP contribution in [0, 0.1) is 0 Å². The second kappa shape index (κ2) is 7.30. The van der Waals surface area contributed by atoms with Crippen molar-refractivity contribution in [2.45, 2.75) is 38.1 Å². The fourth-order valence-electron chi connectivity index (χ4n) is 4.71. The van der Waals surface area contributed by atoms with Crippen molar-refractivity contribution in [1.29, 1.82) is 0 Å². The van der Waals surface area contributed by atoms with E-state index >= 15 is 0 Å². The van der Waals surface area contributed by atoms with E-state index in [-0.39, 0.29) is 17.4 Å². The molecule has 2 N–H and O–H groups in total. The van der Waals surface area contributed by atoms with Crippen molar-refractivity contribution in [3.8, 4) is 0 Å². The highest BCUT2D eigenvalue weighted by molar-refractivity contribution is 6.31. The third kappa shape index (κ3) is 3.25. The largest absolute Gasteiger partial charge is 0.357 e. The molecule has 0 aliphatic carbocycles. The first kappa shape index (κ1) is 19.4. The van der Waals surface area contributed by atoms with E-state index in [1.54, 1.807) is 0 Å². The molecule has 2 atom stereocenters. The molecule has 152 valence electrons. The summed E-state index contributed by atoms with van der Waals surface area (Å²) in [6.45, 7) is 7.62. The molecule has 0 bridgehead atoms. The normalized spacial score (nSPS) is 19.1. The van der Waals surface area contributed by atoms with E-state index in [4.69, 9.17) is 11.6 Å². The van der Waals surface area contributed by atoms with E-state index in [0.29, 0.717) is 0 Å². The van der Waals surface area contributed by atoms with Gasteiger partial charge in [0.15, 0.2) is 0 Å². The van der Waals surface area contributed by atoms with Crippen LogP contribution in [0.2, 0.25) is 5.02 Å². The first-order valence-electron chi connectivity index (χ1n) is 10.6. The lowest BCUT2D eigenvalue weighted by molar-refractivity contribution is 0.524. The minimum Gasteiger partial charge on any atom is -0.357 e. The zero-order valence-corrected chi connectivity index (χ0v) is 18.4. The first-order valence-corrected chi connectivity index (χ1v) is 11.0. The number of hydrogen-bond acceptors (Lipinski definition) is 1. The molecule has 2 heterocycles. The Kier molecular flexibility index (Phi) is 4.72. The Morgan fingerprint density at radius 3 is 2.30 bits per heavy atom. The number of fused-ring (bicyclic) bond motifs is 3. The molecule has 0 saturated carbocycles. The molecule has 0 spiro atoms. The predicted octanol–water partition coefficient (Wildman–Crippen LogP) is 6.94. The highest BCUT2D eigenvalue weighted by Gasteiger charge is 2.33. The monoisotopic (exact) mass is 414 g/mol. The van der Waals surface area contributed by atoms with Gasteiger partial charge in [0.1, 0.15) is 0 Å². The molecule has 5 rings (SSSR count). The third-order valence-corrected chi connectivity index (χ3v) is 6.67. The van der Waals surface area contributed by atoms with Gasteiger partial charge in [-0.1, -0.05) is 93.0 Å². The van der Waals surface area contributed by atoms with Gasteiger partial charge in [-0.15, -0.1) is 0 Å². The molecule has 0 unspecified atom stereocenters. The van der Waals surface area contributed by atoms with Gasteiger partial charge in [0.25, 0.3) is 0 Å². The Bertz CT molecular complexity index is 1200. The summed E-state index contributed by atoms with van der Waals surface area (Å²) in [5.74, 6) is 0.218. The molecule has 1 aliphatic heterocycles. The zero-order chi connectivity index (χ0) is 20.9. The molecule has 3 aromatic carbocycles. The van der Waals surface area contributed by atoms with Gasteiger partial charge in [0.05, 0.1) is 6.04 Å². The van der Waals surface area contributed by atoms with Gasteiger partial charge in [-0.05, 0) is 39.8 Å². The van der Waals surface area contributed by atoms with Gasteiger partial charge in [-0.25, -0.2) is 0 Å². The molecule has 0 amide bonds. The first-order chi connectivity index (χ1) is 14.4. The maximum Gasteiger partial charge on any atom is 0.0732 e. The highest BCUT2D eigenvalue weighted by Crippen LogP contribution is 2.43. The van der Waals surface area contributed by atoms with Crippen molar-refractivity contribution in [2.24, 2.45) is 0 Å². The smallest absolute Gasteiger partial charge is 0.0732 e. The predicted molar refractivity (Wildman–Crippen MR) is 127 cm³/mol. The molecule has 1 aromatic heterocycles. The Hall–Kier alpha value is -2.55. The molecule has 30 heavy (non-hydrogen) atoms. The topological polar surface area (TPSA) is 27.8 Å². The van der Waals surface area contributed by atoms with E-state index in [1.165, 1.54) is 38.9 Å². The summed E-state index contributed by atoms with van der Waals surface area (Å²) >= 11 is 6.62. The van der Waals surface area contributed by atoms with Crippen molar-refractivity contribution in [3.63, 3.8) is 0 Å². The summed E-state index contributed by atoms with van der Waals surface area (Å²) < 4.78 is 0. The lowest BCUT2D eigenvalue weighted by atomic mass is 9.82. The van der Waals surface area contributed by atoms with Crippen LogP contribution in [0.15, 0.2) is 72.8 Å². The van der Waals surface area contributed by atoms with E-state index in [9.17, 15) is 0 Å². The standard InChI is InChI=1S/C27H27ClN2/c1-27(2,3)18-14-12-17(13-15-18)25-26-24(20-9-5-7-11-23(20)30-26)21(16-29-25)19-8-4-6-10-22(19)28/h4-15,21,25,29-30H,16H2,1-3H3/t21-,25-/m1/s1. The molecule has 2 nitrogen and oxygen atoms in total. The fourth-order valence-corrected chi connectivity index (χ4v) is 4.98. The van der Waals surface area contributed by atoms with Gasteiger partial charge >= 0.3 is 0 Å². The number of rotatable bonds is 2. The van der Waals surface area contributed by atoms with Crippen LogP contribution in [0.3, 0.4) is 0 Å². The molecule has 3 heteroatoms. The Morgan fingerprint density at radius 2 is 1.57 bits per heavy atom. The van der Waals surface area contributed by atoms with E-state index < -0.39 is 0 Å². The van der Waals surface area contributed by atoms with Crippen molar-refractivity contribution in [3.05, 3.63) is 106 Å². The van der Waals surface area contributed by atoms with E-state index in [0.717, 1.165) is 11.6 Å². The summed E-state index contributed by atoms with van der Waals surface area (Å²) in [5.41, 5.74) is 7.76. The number of aromatic nitrogens is 1. The summed E-state index contributed by atoms with van der Waals surface area (Å²) in [6, 6.07) is 26.0. The van der Waals surface area contributed by atoms with Crippen LogP contribution in [-0.2, 0) is 5.41 Å². The number of hydrogen-bond donors (Lipinski definition) is 2. The Balaban J connectivity index is 1.65. The van der Waals surface area contributed by atoms with E-state index in [1.807, 2.05) is 12.1 Å². The van der Waals surface area contributed by atoms with Crippen LogP contribution in [0.25, 0.3) is 10.9 Å². The fraction of sp³-hybridized carbons (Fsp3) is 0.259. The van der Waals surface area contributed by atoms with Crippen molar-refractivity contribution < 1.29 is 0 Å². The van der Waals surface area contributed by atoms with Gasteiger partial charge < -0.3 is 10.3 Å². The summed E-state index contributed by atoms with van der Waals surface area (Å²) in [6.07, 6.45) is 0. The molecule has 4 aromatic rings. The lowest BCUT2D eigenvalue weighted by Crippen LogP contribution is -2.34. The van der Waals surface area contributed by atoms with Crippen molar-refractivity contribution >= 4 is 22.5 Å². The van der Waals surface area contributed by atoms with Crippen LogP contribution >= 0.6 is 11.6 Å². The molecular formula is C27H27ClN2. The second-order valence-corrected chi connectivity index (χ2v) is 9.69. The number of H-pyrrole nitrogens is 1. The van der Waals surface area contributed by atoms with Gasteiger partial charge in [-0.3, -0.25) is 0 Å². The van der Waals surface area contributed by atoms with Crippen LogP contribution in [-0.4, -0.2) is 11.5 Å². The Labute approximate surface area is 183 Å². The summed E-state index contributed by atoms with van der Waals surface area (Å²) in [4.78, 5) is 3.72. The maximum absolute atomic E-state index is 6.62. The van der Waals surface area contributed by atoms with Crippen LogP contribution in [0.4, 0.5) is 0 Å². The number of para-hydroxylation sites is 1. The van der Waals surface area contributed by atoms with Crippen LogP contribution < -0.4 is 5.32 Å². The van der Waals surface area contributed by atoms with E-state index in [2.05, 4.69) is 91.7 Å². The highest BCUT2D eigenvalue weighted by atomic mass is 35.5. The van der Waals surface area contributed by atoms with Crippen LogP contribution in [0.5, 0.6) is 0 Å². The summed E-state index contributed by atoms with van der Waals surface area (Å²) in [5, 5.41) is 5.91. The number of nitrogens with one attached hydrogen (secondary N) is 2. The van der Waals surface area contributed by atoms with Crippen molar-refractivity contribution in [1.82, 2.24) is 10.3 Å². The average Bonchev–Trinajstić information content (AvgIpc) is 3.13. The average molecular weight is 415 g/mol. The maximum atomic E-state index is 6.62. The number of halogens is 1.